The largest absolute Gasteiger partial charge is 0.465 e. The van der Waals surface area contributed by atoms with Gasteiger partial charge in [-0.05, 0) is 57.6 Å². The van der Waals surface area contributed by atoms with Crippen LogP contribution in [0.5, 0.6) is 0 Å². The fourth-order valence-corrected chi connectivity index (χ4v) is 6.72. The molecule has 272 valence electrons. The van der Waals surface area contributed by atoms with E-state index in [-0.39, 0.29) is 44.0 Å². The fraction of sp³-hybridized carbons (Fsp3) is 0.606. The topological polar surface area (TPSA) is 252 Å². The zero-order chi connectivity index (χ0) is 36.4. The number of Topliss-reactive ketones (excluding diaryl/α,β-unsaturated/α-hetero) is 1. The number of aliphatic hydroxyl groups is 1. The third-order valence-electron chi connectivity index (χ3n) is 9.28. The van der Waals surface area contributed by atoms with E-state index in [9.17, 15) is 33.9 Å². The lowest BCUT2D eigenvalue weighted by Crippen LogP contribution is -2.56. The molecular weight excluding hydrogens is 650 g/mol. The number of ketones is 1. The summed E-state index contributed by atoms with van der Waals surface area (Å²) in [5.41, 5.74) is 4.43. The van der Waals surface area contributed by atoms with Gasteiger partial charge in [-0.15, -0.1) is 5.10 Å². The zero-order valence-corrected chi connectivity index (χ0v) is 28.4. The molecule has 2 fully saturated rings. The molecule has 1 saturated heterocycles. The van der Waals surface area contributed by atoms with Gasteiger partial charge in [0, 0.05) is 25.7 Å². The van der Waals surface area contributed by atoms with E-state index >= 15 is 0 Å². The minimum atomic E-state index is -1.35. The van der Waals surface area contributed by atoms with Gasteiger partial charge in [0.1, 0.15) is 23.4 Å². The summed E-state index contributed by atoms with van der Waals surface area (Å²) in [7, 11) is 0. The first-order valence-electron chi connectivity index (χ1n) is 17.0. The molecule has 0 bridgehead atoms. The van der Waals surface area contributed by atoms with Crippen LogP contribution in [0.15, 0.2) is 30.6 Å². The number of likely N-dealkylation sites (tertiary alicyclic amines) is 1. The van der Waals surface area contributed by atoms with Crippen molar-refractivity contribution in [1.29, 1.82) is 0 Å². The number of carbonyl (C=O) groups excluding carboxylic acids is 5. The molecule has 0 radical (unpaired) electrons. The van der Waals surface area contributed by atoms with Crippen molar-refractivity contribution in [3.8, 4) is 0 Å². The molecular formula is C33H47N9O8. The van der Waals surface area contributed by atoms with Crippen LogP contribution in [0.3, 0.4) is 0 Å². The number of aromatic nitrogens is 4. The second-order valence-electron chi connectivity index (χ2n) is 13.5. The summed E-state index contributed by atoms with van der Waals surface area (Å²) in [6, 6.07) is 0.768. The number of carbonyl (C=O) groups is 6. The monoisotopic (exact) mass is 697 g/mol. The van der Waals surface area contributed by atoms with Gasteiger partial charge in [-0.2, -0.15) is 0 Å². The van der Waals surface area contributed by atoms with Gasteiger partial charge in [0.2, 0.25) is 17.6 Å². The Hall–Kier alpha value is -4.93. The van der Waals surface area contributed by atoms with Crippen molar-refractivity contribution >= 4 is 35.5 Å². The Labute approximate surface area is 289 Å². The fourth-order valence-electron chi connectivity index (χ4n) is 6.72. The third-order valence-corrected chi connectivity index (χ3v) is 9.28. The van der Waals surface area contributed by atoms with Crippen LogP contribution >= 0.6 is 0 Å². The number of rotatable bonds is 16. The standard InChI is InChI=1S/C33H47N9O8/c1-33(2,50)26-18-37-40-42(26)21-17-25(30(46)38-22(27(43)28(34)44)12-6-9-15-36-32(48)49)41(19-21)31(47)24(16-20-10-4-3-5-11-20)39-29(45)23-13-7-8-14-35-23/h7-8,13-14,18,20-22,24-25,36,50H,3-6,9-12,15-17,19H2,1-2H3,(H2,34,44)(H,38,46)(H,39,45)(H,48,49)/t21-,22?,24?,25-/m0/s1. The number of hydrogen-bond donors (Lipinski definition) is 6. The summed E-state index contributed by atoms with van der Waals surface area (Å²) in [5.74, 6) is -3.89. The van der Waals surface area contributed by atoms with Crippen molar-refractivity contribution in [2.45, 2.75) is 108 Å². The van der Waals surface area contributed by atoms with E-state index in [1.807, 2.05) is 0 Å². The maximum absolute atomic E-state index is 14.5. The molecule has 1 aliphatic carbocycles. The number of nitrogens with one attached hydrogen (secondary N) is 3. The smallest absolute Gasteiger partial charge is 0.404 e. The molecule has 2 aromatic rings. The first-order chi connectivity index (χ1) is 23.8. The highest BCUT2D eigenvalue weighted by atomic mass is 16.4. The number of carboxylic acid groups (broad SMARTS) is 1. The molecule has 2 unspecified atom stereocenters. The van der Waals surface area contributed by atoms with Gasteiger partial charge < -0.3 is 36.8 Å². The first-order valence-corrected chi connectivity index (χ1v) is 17.0. The lowest BCUT2D eigenvalue weighted by Gasteiger charge is -2.32. The number of amides is 5. The van der Waals surface area contributed by atoms with Crippen LogP contribution < -0.4 is 21.7 Å². The normalized spacial score (nSPS) is 19.3. The molecule has 1 aliphatic heterocycles. The molecule has 3 heterocycles. The van der Waals surface area contributed by atoms with E-state index in [2.05, 4.69) is 31.2 Å². The molecule has 2 aromatic heterocycles. The highest BCUT2D eigenvalue weighted by Crippen LogP contribution is 2.33. The predicted molar refractivity (Wildman–Crippen MR) is 177 cm³/mol. The van der Waals surface area contributed by atoms with E-state index in [4.69, 9.17) is 10.8 Å². The van der Waals surface area contributed by atoms with Crippen LogP contribution in [0.1, 0.15) is 100 Å². The number of pyridine rings is 1. The summed E-state index contributed by atoms with van der Waals surface area (Å²) < 4.78 is 1.47. The quantitative estimate of drug-likeness (QED) is 0.106. The Balaban J connectivity index is 1.63. The second-order valence-corrected chi connectivity index (χ2v) is 13.5. The summed E-state index contributed by atoms with van der Waals surface area (Å²) in [4.78, 5) is 82.9. The molecule has 17 nitrogen and oxygen atoms in total. The van der Waals surface area contributed by atoms with E-state index < -0.39 is 65.3 Å². The van der Waals surface area contributed by atoms with Crippen molar-refractivity contribution in [1.82, 2.24) is 40.8 Å². The Morgan fingerprint density at radius 2 is 1.78 bits per heavy atom. The van der Waals surface area contributed by atoms with Crippen molar-refractivity contribution in [2.24, 2.45) is 11.7 Å². The van der Waals surface area contributed by atoms with Gasteiger partial charge in [-0.25, -0.2) is 9.48 Å². The van der Waals surface area contributed by atoms with Gasteiger partial charge in [-0.1, -0.05) is 43.4 Å². The van der Waals surface area contributed by atoms with E-state index in [1.165, 1.54) is 28.0 Å². The van der Waals surface area contributed by atoms with Crippen LogP contribution in [0, 0.1) is 5.92 Å². The van der Waals surface area contributed by atoms with Crippen molar-refractivity contribution in [3.63, 3.8) is 0 Å². The Kier molecular flexibility index (Phi) is 13.0. The van der Waals surface area contributed by atoms with Crippen LogP contribution in [-0.2, 0) is 24.8 Å². The Morgan fingerprint density at radius 3 is 2.42 bits per heavy atom. The SMILES string of the molecule is CC(C)(O)c1cnnn1[C@H]1C[C@@H](C(=O)NC(CCCCNC(=O)O)C(=O)C(N)=O)N(C(=O)C(CC2CCCCC2)NC(=O)c2ccccn2)C1. The number of primary amides is 1. The summed E-state index contributed by atoms with van der Waals surface area (Å²) >= 11 is 0. The van der Waals surface area contributed by atoms with Gasteiger partial charge >= 0.3 is 6.09 Å². The van der Waals surface area contributed by atoms with Crippen LogP contribution in [0.4, 0.5) is 4.79 Å². The van der Waals surface area contributed by atoms with Crippen LogP contribution in [-0.4, -0.2) is 102 Å². The highest BCUT2D eigenvalue weighted by molar-refractivity contribution is 6.37. The van der Waals surface area contributed by atoms with Gasteiger partial charge in [0.25, 0.3) is 11.8 Å². The van der Waals surface area contributed by atoms with Crippen molar-refractivity contribution in [2.75, 3.05) is 13.1 Å². The molecule has 7 N–H and O–H groups in total. The maximum atomic E-state index is 14.5. The van der Waals surface area contributed by atoms with E-state index in [0.29, 0.717) is 18.5 Å². The molecule has 5 amide bonds. The van der Waals surface area contributed by atoms with E-state index in [1.54, 1.807) is 26.0 Å². The van der Waals surface area contributed by atoms with E-state index in [0.717, 1.165) is 32.1 Å². The first kappa shape index (κ1) is 37.9. The predicted octanol–water partition coefficient (Wildman–Crippen LogP) is 0.789. The van der Waals surface area contributed by atoms with Crippen LogP contribution in [0.2, 0.25) is 0 Å². The average molecular weight is 698 g/mol. The minimum Gasteiger partial charge on any atom is -0.465 e. The summed E-state index contributed by atoms with van der Waals surface area (Å²) in [6.45, 7) is 3.19. The number of hydrogen-bond acceptors (Lipinski definition) is 10. The molecule has 50 heavy (non-hydrogen) atoms. The third kappa shape index (κ3) is 10.1. The minimum absolute atomic E-state index is 0.00469. The molecule has 0 spiro atoms. The Morgan fingerprint density at radius 1 is 1.04 bits per heavy atom. The van der Waals surface area contributed by atoms with Gasteiger partial charge in [0.05, 0.1) is 24.0 Å². The number of unbranched alkanes of at least 4 members (excludes halogenated alkanes) is 1. The van der Waals surface area contributed by atoms with Crippen molar-refractivity contribution < 1.29 is 39.0 Å². The summed E-state index contributed by atoms with van der Waals surface area (Å²) in [6.07, 6.45) is 7.52. The van der Waals surface area contributed by atoms with Gasteiger partial charge in [-0.3, -0.25) is 29.0 Å². The van der Waals surface area contributed by atoms with Crippen LogP contribution in [0.25, 0.3) is 0 Å². The van der Waals surface area contributed by atoms with Gasteiger partial charge in [0.15, 0.2) is 0 Å². The summed E-state index contributed by atoms with van der Waals surface area (Å²) in [5, 5.41) is 35.4. The Bertz CT molecular complexity index is 1520. The maximum Gasteiger partial charge on any atom is 0.404 e. The lowest BCUT2D eigenvalue weighted by atomic mass is 9.84. The molecule has 0 aromatic carbocycles. The number of nitrogens with zero attached hydrogens (tertiary/aromatic N) is 5. The molecule has 17 heteroatoms. The molecule has 1 saturated carbocycles. The molecule has 2 aliphatic rings. The zero-order valence-electron chi connectivity index (χ0n) is 28.4. The highest BCUT2D eigenvalue weighted by Gasteiger charge is 2.45. The second kappa shape index (κ2) is 17.1. The molecule has 4 atom stereocenters. The average Bonchev–Trinajstić information content (AvgIpc) is 3.76. The molecule has 4 rings (SSSR count). The van der Waals surface area contributed by atoms with Crippen molar-refractivity contribution in [3.05, 3.63) is 42.0 Å². The number of nitrogens with two attached hydrogens (primary N) is 1. The lowest BCUT2D eigenvalue weighted by molar-refractivity contribution is -0.142.